The Kier molecular flexibility index (Phi) is 5.74. The highest BCUT2D eigenvalue weighted by Gasteiger charge is 2.44. The zero-order chi connectivity index (χ0) is 20.4. The average Bonchev–Trinajstić information content (AvgIpc) is 3.47. The molecule has 0 spiro atoms. The normalized spacial score (nSPS) is 22.2. The van der Waals surface area contributed by atoms with Crippen molar-refractivity contribution in [3.05, 3.63) is 75.7 Å². The molecule has 29 heavy (non-hydrogen) atoms. The predicted molar refractivity (Wildman–Crippen MR) is 114 cm³/mol. The number of rotatable bonds is 6. The molecule has 2 aromatic carbocycles. The molecule has 2 aromatic rings. The highest BCUT2D eigenvalue weighted by Crippen LogP contribution is 2.47. The Morgan fingerprint density at radius 1 is 1.14 bits per heavy atom. The Labute approximate surface area is 178 Å². The van der Waals surface area contributed by atoms with Crippen molar-refractivity contribution in [2.24, 2.45) is 5.92 Å². The van der Waals surface area contributed by atoms with E-state index in [9.17, 15) is 14.4 Å². The minimum atomic E-state index is -0.316. The summed E-state index contributed by atoms with van der Waals surface area (Å²) in [6.07, 6.45) is 2.51. The van der Waals surface area contributed by atoms with Gasteiger partial charge in [-0.05, 0) is 53.4 Å². The van der Waals surface area contributed by atoms with Crippen LogP contribution < -0.4 is 5.32 Å². The lowest BCUT2D eigenvalue weighted by Crippen LogP contribution is -2.37. The van der Waals surface area contributed by atoms with E-state index in [0.29, 0.717) is 9.93 Å². The summed E-state index contributed by atoms with van der Waals surface area (Å²) >= 11 is 6.83. The second-order valence-electron chi connectivity index (χ2n) is 7.04. The van der Waals surface area contributed by atoms with Crippen LogP contribution in [0.2, 0.25) is 5.02 Å². The number of carbonyl (C=O) groups excluding carboxylic acids is 3. The van der Waals surface area contributed by atoms with Crippen molar-refractivity contribution in [3.8, 4) is 0 Å². The first-order valence-electron chi connectivity index (χ1n) is 9.36. The fourth-order valence-corrected chi connectivity index (χ4v) is 4.37. The fourth-order valence-electron chi connectivity index (χ4n) is 3.38. The maximum Gasteiger partial charge on any atom is 0.293 e. The van der Waals surface area contributed by atoms with Crippen molar-refractivity contribution in [2.45, 2.75) is 12.3 Å². The van der Waals surface area contributed by atoms with Gasteiger partial charge in [0.25, 0.3) is 11.1 Å². The topological polar surface area (TPSA) is 66.5 Å². The molecule has 5 nitrogen and oxygen atoms in total. The third kappa shape index (κ3) is 4.54. The van der Waals surface area contributed by atoms with Crippen LogP contribution in [0.3, 0.4) is 0 Å². The van der Waals surface area contributed by atoms with E-state index in [1.54, 1.807) is 6.08 Å². The number of halogens is 1. The molecule has 1 aliphatic heterocycles. The van der Waals surface area contributed by atoms with Gasteiger partial charge in [0.2, 0.25) is 5.91 Å². The standard InChI is InChI=1S/C22H19ClN2O3S/c23-16-8-6-15(7-9-16)17-13-18(17)20(26)24-10-11-25-21(27)19(29-22(25)28)12-14-4-2-1-3-5-14/h1-9,12,17-18H,10-11,13H2,(H,24,26)/b19-12+. The number of amides is 3. The van der Waals surface area contributed by atoms with Gasteiger partial charge in [-0.15, -0.1) is 0 Å². The Hall–Kier alpha value is -2.57. The summed E-state index contributed by atoms with van der Waals surface area (Å²) in [5.41, 5.74) is 1.97. The number of nitrogens with one attached hydrogen (secondary N) is 1. The van der Waals surface area contributed by atoms with Gasteiger partial charge in [-0.2, -0.15) is 0 Å². The summed E-state index contributed by atoms with van der Waals surface area (Å²) in [4.78, 5) is 38.6. The molecule has 3 amide bonds. The first-order chi connectivity index (χ1) is 14.0. The minimum Gasteiger partial charge on any atom is -0.354 e. The second-order valence-corrected chi connectivity index (χ2v) is 8.46. The maximum absolute atomic E-state index is 12.5. The highest BCUT2D eigenvalue weighted by molar-refractivity contribution is 8.18. The largest absolute Gasteiger partial charge is 0.354 e. The lowest BCUT2D eigenvalue weighted by molar-refractivity contribution is -0.124. The van der Waals surface area contributed by atoms with E-state index in [2.05, 4.69) is 5.32 Å². The van der Waals surface area contributed by atoms with Crippen LogP contribution in [0.5, 0.6) is 0 Å². The molecule has 2 aliphatic rings. The second kappa shape index (κ2) is 8.43. The number of hydrogen-bond donors (Lipinski definition) is 1. The van der Waals surface area contributed by atoms with E-state index >= 15 is 0 Å². The lowest BCUT2D eigenvalue weighted by atomic mass is 10.1. The molecule has 1 saturated heterocycles. The summed E-state index contributed by atoms with van der Waals surface area (Å²) in [5.74, 6) is -0.220. The summed E-state index contributed by atoms with van der Waals surface area (Å²) in [6, 6.07) is 16.9. The molecule has 4 rings (SSSR count). The number of thioether (sulfide) groups is 1. The molecular formula is C22H19ClN2O3S. The zero-order valence-corrected chi connectivity index (χ0v) is 17.1. The van der Waals surface area contributed by atoms with Gasteiger partial charge in [-0.25, -0.2) is 0 Å². The third-order valence-electron chi connectivity index (χ3n) is 5.03. The zero-order valence-electron chi connectivity index (χ0n) is 15.5. The summed E-state index contributed by atoms with van der Waals surface area (Å²) in [6.45, 7) is 0.417. The molecule has 0 bridgehead atoms. The number of imide groups is 1. The van der Waals surface area contributed by atoms with Crippen molar-refractivity contribution in [1.82, 2.24) is 10.2 Å². The molecule has 2 fully saturated rings. The first kappa shape index (κ1) is 19.7. The molecule has 1 aliphatic carbocycles. The van der Waals surface area contributed by atoms with Crippen molar-refractivity contribution in [3.63, 3.8) is 0 Å². The van der Waals surface area contributed by atoms with Gasteiger partial charge in [-0.1, -0.05) is 54.1 Å². The predicted octanol–water partition coefficient (Wildman–Crippen LogP) is 4.30. The van der Waals surface area contributed by atoms with Crippen molar-refractivity contribution in [2.75, 3.05) is 13.1 Å². The maximum atomic E-state index is 12.5. The molecule has 2 unspecified atom stereocenters. The van der Waals surface area contributed by atoms with Crippen LogP contribution in [-0.4, -0.2) is 35.0 Å². The van der Waals surface area contributed by atoms with E-state index in [0.717, 1.165) is 29.3 Å². The van der Waals surface area contributed by atoms with Crippen LogP contribution in [0.4, 0.5) is 4.79 Å². The van der Waals surface area contributed by atoms with Crippen molar-refractivity contribution >= 4 is 46.5 Å². The first-order valence-corrected chi connectivity index (χ1v) is 10.6. The molecule has 2 atom stereocenters. The van der Waals surface area contributed by atoms with E-state index in [4.69, 9.17) is 11.6 Å². The van der Waals surface area contributed by atoms with Gasteiger partial charge in [0.1, 0.15) is 0 Å². The Morgan fingerprint density at radius 2 is 1.86 bits per heavy atom. The Bertz CT molecular complexity index is 975. The molecule has 0 radical (unpaired) electrons. The van der Waals surface area contributed by atoms with Crippen molar-refractivity contribution in [1.29, 1.82) is 0 Å². The molecule has 148 valence electrons. The van der Waals surface area contributed by atoms with Gasteiger partial charge in [-0.3, -0.25) is 19.3 Å². The van der Waals surface area contributed by atoms with Crippen LogP contribution in [0.25, 0.3) is 6.08 Å². The van der Waals surface area contributed by atoms with Gasteiger partial charge >= 0.3 is 0 Å². The number of hydrogen-bond acceptors (Lipinski definition) is 4. The Morgan fingerprint density at radius 3 is 2.59 bits per heavy atom. The van der Waals surface area contributed by atoms with E-state index in [-0.39, 0.29) is 42.0 Å². The minimum absolute atomic E-state index is 0.0447. The SMILES string of the molecule is O=C(NCCN1C(=O)S/C(=C/c2ccccc2)C1=O)C1CC1c1ccc(Cl)cc1. The lowest BCUT2D eigenvalue weighted by Gasteiger charge is -2.13. The quantitative estimate of drug-likeness (QED) is 0.699. The van der Waals surface area contributed by atoms with Crippen LogP contribution in [0.15, 0.2) is 59.5 Å². The molecule has 1 heterocycles. The van der Waals surface area contributed by atoms with Crippen molar-refractivity contribution < 1.29 is 14.4 Å². The highest BCUT2D eigenvalue weighted by atomic mass is 35.5. The van der Waals surface area contributed by atoms with E-state index in [1.165, 1.54) is 4.90 Å². The van der Waals surface area contributed by atoms with E-state index in [1.807, 2.05) is 54.6 Å². The van der Waals surface area contributed by atoms with Crippen LogP contribution in [0, 0.1) is 5.92 Å². The Balaban J connectivity index is 1.28. The van der Waals surface area contributed by atoms with Crippen LogP contribution >= 0.6 is 23.4 Å². The molecular weight excluding hydrogens is 408 g/mol. The molecule has 1 saturated carbocycles. The fraction of sp³-hybridized carbons (Fsp3) is 0.227. The number of carbonyl (C=O) groups is 3. The molecule has 0 aromatic heterocycles. The van der Waals surface area contributed by atoms with Gasteiger partial charge in [0, 0.05) is 24.0 Å². The van der Waals surface area contributed by atoms with Gasteiger partial charge in [0.15, 0.2) is 0 Å². The average molecular weight is 427 g/mol. The summed E-state index contributed by atoms with van der Waals surface area (Å²) < 4.78 is 0. The summed E-state index contributed by atoms with van der Waals surface area (Å²) in [7, 11) is 0. The third-order valence-corrected chi connectivity index (χ3v) is 6.19. The van der Waals surface area contributed by atoms with Crippen LogP contribution in [-0.2, 0) is 9.59 Å². The summed E-state index contributed by atoms with van der Waals surface area (Å²) in [5, 5.41) is 3.21. The smallest absolute Gasteiger partial charge is 0.293 e. The van der Waals surface area contributed by atoms with Gasteiger partial charge < -0.3 is 5.32 Å². The molecule has 7 heteroatoms. The monoisotopic (exact) mass is 426 g/mol. The van der Waals surface area contributed by atoms with E-state index < -0.39 is 0 Å². The van der Waals surface area contributed by atoms with Gasteiger partial charge in [0.05, 0.1) is 4.91 Å². The molecule has 1 N–H and O–H groups in total. The number of nitrogens with zero attached hydrogens (tertiary/aromatic N) is 1. The van der Waals surface area contributed by atoms with Crippen LogP contribution in [0.1, 0.15) is 23.5 Å². The number of benzene rings is 2.